The summed E-state index contributed by atoms with van der Waals surface area (Å²) in [5, 5.41) is 0. The fourth-order valence-electron chi connectivity index (χ4n) is 2.60. The van der Waals surface area contributed by atoms with E-state index < -0.39 is 0 Å². The van der Waals surface area contributed by atoms with Crippen LogP contribution in [-0.4, -0.2) is 4.98 Å². The van der Waals surface area contributed by atoms with Crippen molar-refractivity contribution in [1.29, 1.82) is 0 Å². The molecule has 1 heteroatoms. The molecule has 1 aliphatic rings. The molecule has 1 aliphatic carbocycles. The second-order valence-corrected chi connectivity index (χ2v) is 5.06. The van der Waals surface area contributed by atoms with Crippen molar-refractivity contribution in [2.75, 3.05) is 0 Å². The van der Waals surface area contributed by atoms with Crippen LogP contribution in [0.25, 0.3) is 0 Å². The van der Waals surface area contributed by atoms with Gasteiger partial charge in [0.25, 0.3) is 0 Å². The van der Waals surface area contributed by atoms with Crippen LogP contribution in [0.3, 0.4) is 0 Å². The fourth-order valence-corrected chi connectivity index (χ4v) is 2.60. The third-order valence-electron chi connectivity index (χ3n) is 3.46. The molecule has 0 spiro atoms. The van der Waals surface area contributed by atoms with Crippen LogP contribution in [0.2, 0.25) is 0 Å². The van der Waals surface area contributed by atoms with Crippen LogP contribution in [0.5, 0.6) is 0 Å². The lowest BCUT2D eigenvalue weighted by Crippen LogP contribution is -2.05. The van der Waals surface area contributed by atoms with Crippen LogP contribution in [0.15, 0.2) is 12.1 Å². The average Bonchev–Trinajstić information content (AvgIpc) is 2.69. The zero-order valence-corrected chi connectivity index (χ0v) is 10.1. The van der Waals surface area contributed by atoms with Crippen molar-refractivity contribution in [3.8, 4) is 0 Å². The molecule has 1 nitrogen and oxygen atoms in total. The van der Waals surface area contributed by atoms with Gasteiger partial charge in [-0.3, -0.25) is 4.98 Å². The molecule has 0 atom stereocenters. The van der Waals surface area contributed by atoms with E-state index in [-0.39, 0.29) is 0 Å². The predicted molar refractivity (Wildman–Crippen MR) is 64.3 cm³/mol. The van der Waals surface area contributed by atoms with E-state index in [1.807, 2.05) is 0 Å². The van der Waals surface area contributed by atoms with E-state index in [9.17, 15) is 0 Å². The zero-order valence-electron chi connectivity index (χ0n) is 10.1. The Balaban J connectivity index is 2.37. The Kier molecular flexibility index (Phi) is 3.08. The lowest BCUT2D eigenvalue weighted by Gasteiger charge is -2.17. The molecule has 15 heavy (non-hydrogen) atoms. The van der Waals surface area contributed by atoms with Gasteiger partial charge in [0, 0.05) is 17.3 Å². The minimum absolute atomic E-state index is 0.605. The predicted octanol–water partition coefficient (Wildman–Crippen LogP) is 4.17. The summed E-state index contributed by atoms with van der Waals surface area (Å²) in [6.07, 6.45) is 5.46. The van der Waals surface area contributed by atoms with Gasteiger partial charge < -0.3 is 0 Å². The van der Waals surface area contributed by atoms with E-state index in [4.69, 9.17) is 4.98 Å². The van der Waals surface area contributed by atoms with Crippen molar-refractivity contribution < 1.29 is 0 Å². The first-order valence-corrected chi connectivity index (χ1v) is 6.16. The third-order valence-corrected chi connectivity index (χ3v) is 3.46. The molecule has 0 aromatic carbocycles. The lowest BCUT2D eigenvalue weighted by atomic mass is 9.92. The number of aromatic nitrogens is 1. The Morgan fingerprint density at radius 2 is 1.87 bits per heavy atom. The first-order chi connectivity index (χ1) is 7.18. The standard InChI is InChI=1S/C14H21N/c1-10(2)13-9-8-11(3)15-14(13)12-6-4-5-7-12/h8-10,12H,4-7H2,1-3H3. The molecule has 0 N–H and O–H groups in total. The number of rotatable bonds is 2. The normalized spacial score (nSPS) is 17.6. The molecule has 0 saturated heterocycles. The summed E-state index contributed by atoms with van der Waals surface area (Å²) in [5.41, 5.74) is 4.02. The number of hydrogen-bond acceptors (Lipinski definition) is 1. The molecule has 1 aromatic rings. The molecule has 0 bridgehead atoms. The topological polar surface area (TPSA) is 12.9 Å². The highest BCUT2D eigenvalue weighted by Gasteiger charge is 2.22. The van der Waals surface area contributed by atoms with E-state index in [0.29, 0.717) is 5.92 Å². The second-order valence-electron chi connectivity index (χ2n) is 5.06. The summed E-state index contributed by atoms with van der Waals surface area (Å²) < 4.78 is 0. The summed E-state index contributed by atoms with van der Waals surface area (Å²) in [6.45, 7) is 6.64. The molecule has 2 rings (SSSR count). The number of hydrogen-bond donors (Lipinski definition) is 0. The number of nitrogens with zero attached hydrogens (tertiary/aromatic N) is 1. The van der Waals surface area contributed by atoms with Crippen molar-refractivity contribution in [2.24, 2.45) is 0 Å². The summed E-state index contributed by atoms with van der Waals surface area (Å²) >= 11 is 0. The third kappa shape index (κ3) is 2.22. The first kappa shape index (κ1) is 10.7. The van der Waals surface area contributed by atoms with Crippen molar-refractivity contribution in [3.05, 3.63) is 29.1 Å². The van der Waals surface area contributed by atoms with E-state index in [2.05, 4.69) is 32.9 Å². The van der Waals surface area contributed by atoms with Gasteiger partial charge in [0.15, 0.2) is 0 Å². The Morgan fingerprint density at radius 3 is 2.47 bits per heavy atom. The molecule has 82 valence electrons. The maximum Gasteiger partial charge on any atom is 0.0472 e. The molecule has 1 fully saturated rings. The molecule has 0 unspecified atom stereocenters. The summed E-state index contributed by atoms with van der Waals surface area (Å²) in [5.74, 6) is 1.34. The Hall–Kier alpha value is -0.850. The Bertz CT molecular complexity index is 335. The molecule has 1 heterocycles. The Morgan fingerprint density at radius 1 is 1.20 bits per heavy atom. The van der Waals surface area contributed by atoms with Gasteiger partial charge in [-0.1, -0.05) is 32.8 Å². The molecule has 1 aromatic heterocycles. The zero-order chi connectivity index (χ0) is 10.8. The minimum atomic E-state index is 0.605. The van der Waals surface area contributed by atoms with Gasteiger partial charge in [0.05, 0.1) is 0 Å². The summed E-state index contributed by atoms with van der Waals surface area (Å²) in [6, 6.07) is 4.43. The van der Waals surface area contributed by atoms with Crippen molar-refractivity contribution in [3.63, 3.8) is 0 Å². The van der Waals surface area contributed by atoms with Gasteiger partial charge in [-0.25, -0.2) is 0 Å². The van der Waals surface area contributed by atoms with Crippen LogP contribution in [-0.2, 0) is 0 Å². The monoisotopic (exact) mass is 203 g/mol. The molecule has 0 amide bonds. The van der Waals surface area contributed by atoms with E-state index in [1.54, 1.807) is 0 Å². The van der Waals surface area contributed by atoms with Crippen molar-refractivity contribution in [2.45, 2.75) is 58.3 Å². The van der Waals surface area contributed by atoms with Crippen molar-refractivity contribution in [1.82, 2.24) is 4.98 Å². The average molecular weight is 203 g/mol. The number of aryl methyl sites for hydroxylation is 1. The van der Waals surface area contributed by atoms with Crippen LogP contribution in [0, 0.1) is 6.92 Å². The quantitative estimate of drug-likeness (QED) is 0.703. The van der Waals surface area contributed by atoms with Gasteiger partial charge >= 0.3 is 0 Å². The highest BCUT2D eigenvalue weighted by molar-refractivity contribution is 5.29. The van der Waals surface area contributed by atoms with E-state index in [0.717, 1.165) is 5.92 Å². The van der Waals surface area contributed by atoms with E-state index >= 15 is 0 Å². The first-order valence-electron chi connectivity index (χ1n) is 6.16. The van der Waals surface area contributed by atoms with Crippen LogP contribution in [0.1, 0.15) is 68.3 Å². The second kappa shape index (κ2) is 4.34. The maximum absolute atomic E-state index is 4.78. The summed E-state index contributed by atoms with van der Waals surface area (Å²) in [7, 11) is 0. The minimum Gasteiger partial charge on any atom is -0.258 e. The van der Waals surface area contributed by atoms with Gasteiger partial charge in [-0.2, -0.15) is 0 Å². The van der Waals surface area contributed by atoms with Crippen LogP contribution < -0.4 is 0 Å². The van der Waals surface area contributed by atoms with Crippen LogP contribution in [0.4, 0.5) is 0 Å². The SMILES string of the molecule is Cc1ccc(C(C)C)c(C2CCCC2)n1. The Labute approximate surface area is 92.9 Å². The van der Waals surface area contributed by atoms with Gasteiger partial charge in [-0.05, 0) is 37.3 Å². The highest BCUT2D eigenvalue weighted by Crippen LogP contribution is 2.36. The molecule has 0 radical (unpaired) electrons. The summed E-state index contributed by atoms with van der Waals surface area (Å²) in [4.78, 5) is 4.78. The molecule has 0 aliphatic heterocycles. The van der Waals surface area contributed by atoms with Gasteiger partial charge in [0.1, 0.15) is 0 Å². The van der Waals surface area contributed by atoms with E-state index in [1.165, 1.54) is 42.6 Å². The molecule has 1 saturated carbocycles. The van der Waals surface area contributed by atoms with Crippen LogP contribution >= 0.6 is 0 Å². The van der Waals surface area contributed by atoms with Gasteiger partial charge in [0.2, 0.25) is 0 Å². The smallest absolute Gasteiger partial charge is 0.0472 e. The largest absolute Gasteiger partial charge is 0.258 e. The lowest BCUT2D eigenvalue weighted by molar-refractivity contribution is 0.668. The fraction of sp³-hybridized carbons (Fsp3) is 0.643. The maximum atomic E-state index is 4.78. The molecular formula is C14H21N. The van der Waals surface area contributed by atoms with Crippen molar-refractivity contribution >= 4 is 0 Å². The highest BCUT2D eigenvalue weighted by atomic mass is 14.7. The number of pyridine rings is 1. The van der Waals surface area contributed by atoms with Gasteiger partial charge in [-0.15, -0.1) is 0 Å². The molecular weight excluding hydrogens is 182 g/mol.